The van der Waals surface area contributed by atoms with Crippen LogP contribution >= 0.6 is 11.3 Å². The second kappa shape index (κ2) is 5.19. The Hall–Kier alpha value is -1.87. The summed E-state index contributed by atoms with van der Waals surface area (Å²) < 4.78 is 5.86. The van der Waals surface area contributed by atoms with Gasteiger partial charge in [-0.25, -0.2) is 4.98 Å². The molecule has 2 aromatic carbocycles. The molecule has 90 valence electrons. The molecule has 0 aliphatic heterocycles. The highest BCUT2D eigenvalue weighted by Crippen LogP contribution is 2.25. The zero-order valence-corrected chi connectivity index (χ0v) is 10.7. The van der Waals surface area contributed by atoms with Crippen molar-refractivity contribution in [1.29, 1.82) is 0 Å². The summed E-state index contributed by atoms with van der Waals surface area (Å²) in [4.78, 5) is 4.25. The van der Waals surface area contributed by atoms with E-state index in [4.69, 9.17) is 4.74 Å². The van der Waals surface area contributed by atoms with E-state index in [1.807, 2.05) is 29.8 Å². The number of ether oxygens (including phenoxy) is 1. The van der Waals surface area contributed by atoms with Gasteiger partial charge in [0.05, 0.1) is 17.8 Å². The van der Waals surface area contributed by atoms with Crippen molar-refractivity contribution >= 4 is 22.1 Å². The van der Waals surface area contributed by atoms with Crippen LogP contribution in [0, 0.1) is 0 Å². The molecule has 1 heterocycles. The highest BCUT2D eigenvalue weighted by Gasteiger charge is 2.01. The van der Waals surface area contributed by atoms with Gasteiger partial charge < -0.3 is 4.74 Å². The number of thiazole rings is 1. The van der Waals surface area contributed by atoms with Gasteiger partial charge in [-0.3, -0.25) is 0 Å². The van der Waals surface area contributed by atoms with Gasteiger partial charge in [-0.15, -0.1) is 11.3 Å². The van der Waals surface area contributed by atoms with Gasteiger partial charge in [0.2, 0.25) is 0 Å². The van der Waals surface area contributed by atoms with E-state index in [0.717, 1.165) is 17.9 Å². The maximum Gasteiger partial charge on any atom is 0.127 e. The molecular formula is C15H13NOS. The molecule has 0 saturated carbocycles. The van der Waals surface area contributed by atoms with Crippen molar-refractivity contribution in [2.45, 2.75) is 6.42 Å². The van der Waals surface area contributed by atoms with Gasteiger partial charge in [0.15, 0.2) is 0 Å². The predicted molar refractivity (Wildman–Crippen MR) is 75.3 cm³/mol. The molecule has 0 amide bonds. The van der Waals surface area contributed by atoms with Crippen LogP contribution in [0.2, 0.25) is 0 Å². The Morgan fingerprint density at radius 2 is 1.94 bits per heavy atom. The first kappa shape index (κ1) is 11.2. The summed E-state index contributed by atoms with van der Waals surface area (Å²) in [5.74, 6) is 0.948. The lowest BCUT2D eigenvalue weighted by molar-refractivity contribution is 0.324. The number of benzene rings is 2. The van der Waals surface area contributed by atoms with E-state index in [1.54, 1.807) is 11.3 Å². The van der Waals surface area contributed by atoms with E-state index in [9.17, 15) is 0 Å². The van der Waals surface area contributed by atoms with Crippen LogP contribution in [-0.4, -0.2) is 11.6 Å². The van der Waals surface area contributed by atoms with Crippen molar-refractivity contribution in [3.8, 4) is 5.75 Å². The van der Waals surface area contributed by atoms with E-state index in [0.29, 0.717) is 6.61 Å². The lowest BCUT2D eigenvalue weighted by Gasteiger charge is -2.08. The highest BCUT2D eigenvalue weighted by atomic mass is 32.1. The normalized spacial score (nSPS) is 10.7. The minimum absolute atomic E-state index is 0.664. The Morgan fingerprint density at radius 1 is 1.06 bits per heavy atom. The Bertz CT molecular complexity index is 629. The average molecular weight is 255 g/mol. The summed E-state index contributed by atoms with van der Waals surface area (Å²) in [6.07, 6.45) is 0.854. The van der Waals surface area contributed by atoms with Crippen LogP contribution < -0.4 is 4.74 Å². The molecule has 0 aliphatic carbocycles. The summed E-state index contributed by atoms with van der Waals surface area (Å²) in [5, 5.41) is 4.44. The van der Waals surface area contributed by atoms with Gasteiger partial charge in [-0.1, -0.05) is 36.4 Å². The molecule has 0 radical (unpaired) electrons. The standard InChI is InChI=1S/C15H13NOS/c1-2-6-14-12(4-1)5-3-7-15(14)17-9-8-13-10-18-11-16-13/h1-7,10-11H,8-9H2. The van der Waals surface area contributed by atoms with Crippen LogP contribution in [0.5, 0.6) is 5.75 Å². The Balaban J connectivity index is 1.74. The van der Waals surface area contributed by atoms with Crippen molar-refractivity contribution in [3.05, 3.63) is 59.0 Å². The smallest absolute Gasteiger partial charge is 0.127 e. The second-order valence-corrected chi connectivity index (χ2v) is 4.77. The summed E-state index contributed by atoms with van der Waals surface area (Å²) in [6, 6.07) is 14.4. The minimum atomic E-state index is 0.664. The molecule has 3 heteroatoms. The van der Waals surface area contributed by atoms with Crippen LogP contribution in [-0.2, 0) is 6.42 Å². The fraction of sp³-hybridized carbons (Fsp3) is 0.133. The lowest BCUT2D eigenvalue weighted by Crippen LogP contribution is -2.01. The van der Waals surface area contributed by atoms with Crippen LogP contribution in [0.4, 0.5) is 0 Å². The number of hydrogen-bond donors (Lipinski definition) is 0. The summed E-state index contributed by atoms with van der Waals surface area (Å²) >= 11 is 1.62. The van der Waals surface area contributed by atoms with Crippen LogP contribution in [0.1, 0.15) is 5.69 Å². The number of hydrogen-bond acceptors (Lipinski definition) is 3. The van der Waals surface area contributed by atoms with Gasteiger partial charge in [-0.2, -0.15) is 0 Å². The van der Waals surface area contributed by atoms with E-state index in [1.165, 1.54) is 10.8 Å². The molecular weight excluding hydrogens is 242 g/mol. The summed E-state index contributed by atoms with van der Waals surface area (Å²) in [6.45, 7) is 0.664. The average Bonchev–Trinajstić information content (AvgIpc) is 2.92. The number of nitrogens with zero attached hydrogens (tertiary/aromatic N) is 1. The maximum atomic E-state index is 5.86. The number of fused-ring (bicyclic) bond motifs is 1. The van der Waals surface area contributed by atoms with E-state index < -0.39 is 0 Å². The van der Waals surface area contributed by atoms with Gasteiger partial charge in [0.25, 0.3) is 0 Å². The molecule has 0 bridgehead atoms. The van der Waals surface area contributed by atoms with E-state index >= 15 is 0 Å². The molecule has 0 aliphatic rings. The highest BCUT2D eigenvalue weighted by molar-refractivity contribution is 7.07. The Morgan fingerprint density at radius 3 is 2.83 bits per heavy atom. The van der Waals surface area contributed by atoms with Crippen molar-refractivity contribution in [2.24, 2.45) is 0 Å². The largest absolute Gasteiger partial charge is 0.493 e. The van der Waals surface area contributed by atoms with Gasteiger partial charge in [-0.05, 0) is 11.5 Å². The molecule has 0 saturated heterocycles. The lowest BCUT2D eigenvalue weighted by atomic mass is 10.1. The first-order valence-electron chi connectivity index (χ1n) is 5.91. The summed E-state index contributed by atoms with van der Waals surface area (Å²) in [7, 11) is 0. The molecule has 0 atom stereocenters. The molecule has 18 heavy (non-hydrogen) atoms. The maximum absolute atomic E-state index is 5.86. The van der Waals surface area contributed by atoms with Crippen molar-refractivity contribution in [3.63, 3.8) is 0 Å². The molecule has 3 rings (SSSR count). The number of rotatable bonds is 4. The quantitative estimate of drug-likeness (QED) is 0.705. The summed E-state index contributed by atoms with van der Waals surface area (Å²) in [5.41, 5.74) is 2.95. The topological polar surface area (TPSA) is 22.1 Å². The van der Waals surface area contributed by atoms with Gasteiger partial charge in [0.1, 0.15) is 5.75 Å². The second-order valence-electron chi connectivity index (χ2n) is 4.06. The number of aromatic nitrogens is 1. The SMILES string of the molecule is c1ccc2c(OCCc3cscn3)cccc2c1. The van der Waals surface area contributed by atoms with Gasteiger partial charge >= 0.3 is 0 Å². The minimum Gasteiger partial charge on any atom is -0.493 e. The molecule has 1 aromatic heterocycles. The van der Waals surface area contributed by atoms with Crippen LogP contribution in [0.15, 0.2) is 53.4 Å². The fourth-order valence-electron chi connectivity index (χ4n) is 1.95. The van der Waals surface area contributed by atoms with Crippen LogP contribution in [0.3, 0.4) is 0 Å². The van der Waals surface area contributed by atoms with Gasteiger partial charge in [0, 0.05) is 17.2 Å². The first-order chi connectivity index (χ1) is 8.93. The molecule has 0 spiro atoms. The predicted octanol–water partition coefficient (Wildman–Crippen LogP) is 3.92. The zero-order valence-electron chi connectivity index (χ0n) is 9.87. The van der Waals surface area contributed by atoms with Crippen molar-refractivity contribution in [1.82, 2.24) is 4.98 Å². The molecule has 2 nitrogen and oxygen atoms in total. The molecule has 0 fully saturated rings. The third kappa shape index (κ3) is 2.36. The van der Waals surface area contributed by atoms with Crippen LogP contribution in [0.25, 0.3) is 10.8 Å². The van der Waals surface area contributed by atoms with Crippen molar-refractivity contribution < 1.29 is 4.74 Å². The Kier molecular flexibility index (Phi) is 3.24. The molecule has 3 aromatic rings. The molecule has 0 N–H and O–H groups in total. The van der Waals surface area contributed by atoms with E-state index in [-0.39, 0.29) is 0 Å². The zero-order chi connectivity index (χ0) is 12.2. The first-order valence-corrected chi connectivity index (χ1v) is 6.85. The van der Waals surface area contributed by atoms with Crippen molar-refractivity contribution in [2.75, 3.05) is 6.61 Å². The third-order valence-electron chi connectivity index (χ3n) is 2.85. The fourth-order valence-corrected chi connectivity index (χ4v) is 2.54. The Labute approximate surface area is 110 Å². The molecule has 0 unspecified atom stereocenters. The monoisotopic (exact) mass is 255 g/mol. The third-order valence-corrected chi connectivity index (χ3v) is 3.48. The van der Waals surface area contributed by atoms with E-state index in [2.05, 4.69) is 28.6 Å².